The van der Waals surface area contributed by atoms with Crippen molar-refractivity contribution in [2.45, 2.75) is 32.6 Å². The zero-order valence-corrected chi connectivity index (χ0v) is 11.0. The SMILES string of the molecule is CCCNCC1(CCSC)CCCOC1. The van der Waals surface area contributed by atoms with Gasteiger partial charge in [0, 0.05) is 18.6 Å². The number of nitrogens with one attached hydrogen (secondary N) is 1. The van der Waals surface area contributed by atoms with Crippen LogP contribution < -0.4 is 5.32 Å². The van der Waals surface area contributed by atoms with Crippen molar-refractivity contribution in [1.82, 2.24) is 5.32 Å². The maximum Gasteiger partial charge on any atom is 0.0534 e. The van der Waals surface area contributed by atoms with Crippen LogP contribution >= 0.6 is 11.8 Å². The smallest absolute Gasteiger partial charge is 0.0534 e. The molecule has 1 aliphatic rings. The van der Waals surface area contributed by atoms with Crippen molar-refractivity contribution in [2.24, 2.45) is 5.41 Å². The van der Waals surface area contributed by atoms with Crippen molar-refractivity contribution in [1.29, 1.82) is 0 Å². The standard InChI is InChI=1S/C12H25NOS/c1-3-7-13-10-12(6-9-15-2)5-4-8-14-11-12/h13H,3-11H2,1-2H3. The summed E-state index contributed by atoms with van der Waals surface area (Å²) >= 11 is 1.95. The van der Waals surface area contributed by atoms with Gasteiger partial charge in [-0.25, -0.2) is 0 Å². The molecule has 0 aromatic heterocycles. The Morgan fingerprint density at radius 3 is 2.93 bits per heavy atom. The molecule has 0 saturated carbocycles. The Hall–Kier alpha value is 0.270. The van der Waals surface area contributed by atoms with Crippen LogP contribution in [-0.4, -0.2) is 38.3 Å². The van der Waals surface area contributed by atoms with E-state index in [0.29, 0.717) is 5.41 Å². The third-order valence-corrected chi connectivity index (χ3v) is 3.78. The molecule has 0 radical (unpaired) electrons. The number of ether oxygens (including phenoxy) is 1. The lowest BCUT2D eigenvalue weighted by molar-refractivity contribution is -0.00863. The van der Waals surface area contributed by atoms with E-state index in [1.807, 2.05) is 11.8 Å². The van der Waals surface area contributed by atoms with E-state index in [9.17, 15) is 0 Å². The minimum Gasteiger partial charge on any atom is -0.381 e. The average Bonchev–Trinajstić information content (AvgIpc) is 2.28. The van der Waals surface area contributed by atoms with Gasteiger partial charge in [0.25, 0.3) is 0 Å². The number of rotatable bonds is 7. The van der Waals surface area contributed by atoms with Crippen LogP contribution in [0.1, 0.15) is 32.6 Å². The van der Waals surface area contributed by atoms with Crippen LogP contribution in [0.4, 0.5) is 0 Å². The first-order valence-corrected chi connectivity index (χ1v) is 7.50. The second-order valence-corrected chi connectivity index (χ2v) is 5.56. The van der Waals surface area contributed by atoms with Crippen LogP contribution in [0.5, 0.6) is 0 Å². The minimum atomic E-state index is 0.427. The van der Waals surface area contributed by atoms with Gasteiger partial charge in [0.2, 0.25) is 0 Å². The molecule has 1 unspecified atom stereocenters. The minimum absolute atomic E-state index is 0.427. The van der Waals surface area contributed by atoms with Crippen molar-refractivity contribution < 1.29 is 4.74 Å². The zero-order chi connectivity index (χ0) is 11.0. The molecule has 3 heteroatoms. The maximum absolute atomic E-state index is 5.66. The molecule has 0 aliphatic carbocycles. The summed E-state index contributed by atoms with van der Waals surface area (Å²) in [6.45, 7) is 6.43. The molecule has 1 atom stereocenters. The zero-order valence-electron chi connectivity index (χ0n) is 10.2. The molecule has 90 valence electrons. The van der Waals surface area contributed by atoms with E-state index in [1.54, 1.807) is 0 Å². The molecule has 1 fully saturated rings. The summed E-state index contributed by atoms with van der Waals surface area (Å²) in [7, 11) is 0. The monoisotopic (exact) mass is 231 g/mol. The molecule has 1 rings (SSSR count). The molecule has 1 aliphatic heterocycles. The molecule has 2 nitrogen and oxygen atoms in total. The van der Waals surface area contributed by atoms with Crippen molar-refractivity contribution >= 4 is 11.8 Å². The normalized spacial score (nSPS) is 26.8. The first-order valence-electron chi connectivity index (χ1n) is 6.10. The highest BCUT2D eigenvalue weighted by Gasteiger charge is 2.31. The van der Waals surface area contributed by atoms with Crippen molar-refractivity contribution in [3.63, 3.8) is 0 Å². The van der Waals surface area contributed by atoms with Gasteiger partial charge in [0.15, 0.2) is 0 Å². The number of hydrogen-bond acceptors (Lipinski definition) is 3. The first-order chi connectivity index (χ1) is 7.33. The fourth-order valence-electron chi connectivity index (χ4n) is 2.18. The maximum atomic E-state index is 5.66. The van der Waals surface area contributed by atoms with Gasteiger partial charge in [0.1, 0.15) is 0 Å². The summed E-state index contributed by atoms with van der Waals surface area (Å²) in [5.74, 6) is 1.26. The second kappa shape index (κ2) is 7.53. The predicted molar refractivity (Wildman–Crippen MR) is 68.6 cm³/mol. The van der Waals surface area contributed by atoms with Gasteiger partial charge in [-0.1, -0.05) is 6.92 Å². The van der Waals surface area contributed by atoms with Gasteiger partial charge in [0.05, 0.1) is 6.61 Å². The van der Waals surface area contributed by atoms with E-state index in [4.69, 9.17) is 4.74 Å². The Morgan fingerprint density at radius 2 is 2.33 bits per heavy atom. The Morgan fingerprint density at radius 1 is 1.47 bits per heavy atom. The van der Waals surface area contributed by atoms with Crippen LogP contribution in [-0.2, 0) is 4.74 Å². The molecular weight excluding hydrogens is 206 g/mol. The van der Waals surface area contributed by atoms with Gasteiger partial charge in [-0.15, -0.1) is 0 Å². The summed E-state index contributed by atoms with van der Waals surface area (Å²) in [5, 5.41) is 3.57. The van der Waals surface area contributed by atoms with Crippen LogP contribution in [0.3, 0.4) is 0 Å². The van der Waals surface area contributed by atoms with Crippen molar-refractivity contribution in [3.05, 3.63) is 0 Å². The van der Waals surface area contributed by atoms with E-state index in [-0.39, 0.29) is 0 Å². The molecule has 0 amide bonds. The summed E-state index contributed by atoms with van der Waals surface area (Å²) in [6, 6.07) is 0. The van der Waals surface area contributed by atoms with Crippen LogP contribution in [0.2, 0.25) is 0 Å². The molecule has 1 N–H and O–H groups in total. The highest BCUT2D eigenvalue weighted by atomic mass is 32.2. The predicted octanol–water partition coefficient (Wildman–Crippen LogP) is 2.54. The van der Waals surface area contributed by atoms with E-state index >= 15 is 0 Å². The second-order valence-electron chi connectivity index (χ2n) is 4.58. The van der Waals surface area contributed by atoms with Crippen molar-refractivity contribution in [3.8, 4) is 0 Å². The quantitative estimate of drug-likeness (QED) is 0.680. The van der Waals surface area contributed by atoms with E-state index in [0.717, 1.165) is 26.3 Å². The fraction of sp³-hybridized carbons (Fsp3) is 1.00. The van der Waals surface area contributed by atoms with Gasteiger partial charge >= 0.3 is 0 Å². The average molecular weight is 231 g/mol. The Kier molecular flexibility index (Phi) is 6.69. The molecule has 15 heavy (non-hydrogen) atoms. The largest absolute Gasteiger partial charge is 0.381 e. The molecule has 0 bridgehead atoms. The lowest BCUT2D eigenvalue weighted by Crippen LogP contribution is -2.41. The first kappa shape index (κ1) is 13.3. The summed E-state index contributed by atoms with van der Waals surface area (Å²) in [6.07, 6.45) is 7.29. The Bertz CT molecular complexity index is 158. The van der Waals surface area contributed by atoms with Crippen LogP contribution in [0.15, 0.2) is 0 Å². The summed E-state index contributed by atoms with van der Waals surface area (Å²) in [5.41, 5.74) is 0.427. The van der Waals surface area contributed by atoms with Crippen LogP contribution in [0, 0.1) is 5.41 Å². The van der Waals surface area contributed by atoms with Gasteiger partial charge in [-0.05, 0) is 44.2 Å². The van der Waals surface area contributed by atoms with Crippen LogP contribution in [0.25, 0.3) is 0 Å². The molecule has 0 aromatic rings. The highest BCUT2D eigenvalue weighted by molar-refractivity contribution is 7.98. The van der Waals surface area contributed by atoms with Crippen molar-refractivity contribution in [2.75, 3.05) is 38.3 Å². The lowest BCUT2D eigenvalue weighted by Gasteiger charge is -2.37. The Labute approximate surface area is 98.5 Å². The van der Waals surface area contributed by atoms with E-state index in [1.165, 1.54) is 31.4 Å². The molecular formula is C12H25NOS. The lowest BCUT2D eigenvalue weighted by atomic mass is 9.80. The van der Waals surface area contributed by atoms with Gasteiger partial charge < -0.3 is 10.1 Å². The number of hydrogen-bond donors (Lipinski definition) is 1. The summed E-state index contributed by atoms with van der Waals surface area (Å²) in [4.78, 5) is 0. The molecule has 1 heterocycles. The van der Waals surface area contributed by atoms with Gasteiger partial charge in [-0.2, -0.15) is 11.8 Å². The highest BCUT2D eigenvalue weighted by Crippen LogP contribution is 2.32. The number of thioether (sulfide) groups is 1. The Balaban J connectivity index is 2.35. The van der Waals surface area contributed by atoms with Gasteiger partial charge in [-0.3, -0.25) is 0 Å². The summed E-state index contributed by atoms with van der Waals surface area (Å²) < 4.78 is 5.66. The molecule has 0 spiro atoms. The third kappa shape index (κ3) is 4.75. The topological polar surface area (TPSA) is 21.3 Å². The van der Waals surface area contributed by atoms with E-state index in [2.05, 4.69) is 18.5 Å². The molecule has 0 aromatic carbocycles. The molecule has 1 saturated heterocycles. The fourth-order valence-corrected chi connectivity index (χ4v) is 2.82. The van der Waals surface area contributed by atoms with E-state index < -0.39 is 0 Å². The third-order valence-electron chi connectivity index (χ3n) is 3.17.